The highest BCUT2D eigenvalue weighted by atomic mass is 127. The summed E-state index contributed by atoms with van der Waals surface area (Å²) in [6.07, 6.45) is -0.301. The molecular formula is C13H16IN3O2. The summed E-state index contributed by atoms with van der Waals surface area (Å²) in [6.45, 7) is 5.35. The molecule has 102 valence electrons. The number of nitrogens with two attached hydrogens (primary N) is 1. The summed E-state index contributed by atoms with van der Waals surface area (Å²) in [5, 5.41) is 11.3. The molecule has 1 aromatic rings. The monoisotopic (exact) mass is 373 g/mol. The minimum atomic E-state index is -0.572. The zero-order valence-electron chi connectivity index (χ0n) is 11.1. The third-order valence-corrected chi connectivity index (χ3v) is 3.13. The number of nitrogens with one attached hydrogen (secondary N) is 1. The van der Waals surface area contributed by atoms with Crippen LogP contribution in [0.2, 0.25) is 0 Å². The third kappa shape index (κ3) is 4.95. The minimum Gasteiger partial charge on any atom is -0.444 e. The van der Waals surface area contributed by atoms with E-state index in [4.69, 9.17) is 15.7 Å². The van der Waals surface area contributed by atoms with Crippen molar-refractivity contribution < 1.29 is 9.53 Å². The van der Waals surface area contributed by atoms with Crippen LogP contribution in [0.1, 0.15) is 26.3 Å². The normalized spacial score (nSPS) is 10.7. The first-order valence-corrected chi connectivity index (χ1v) is 6.75. The van der Waals surface area contributed by atoms with Crippen molar-refractivity contribution in [3.05, 3.63) is 21.3 Å². The molecule has 0 saturated heterocycles. The SMILES string of the molecule is CC(C)(C)OC(=O)Nc1cc(CC#N)c(I)cc1N. The second kappa shape index (κ2) is 6.10. The second-order valence-corrected chi connectivity index (χ2v) is 6.15. The number of halogens is 1. The highest BCUT2D eigenvalue weighted by Gasteiger charge is 2.17. The highest BCUT2D eigenvalue weighted by molar-refractivity contribution is 14.1. The molecule has 5 nitrogen and oxygen atoms in total. The molecule has 19 heavy (non-hydrogen) atoms. The van der Waals surface area contributed by atoms with Crippen LogP contribution in [0, 0.1) is 14.9 Å². The van der Waals surface area contributed by atoms with Crippen molar-refractivity contribution in [2.75, 3.05) is 11.1 Å². The lowest BCUT2D eigenvalue weighted by Crippen LogP contribution is -2.27. The molecule has 0 saturated carbocycles. The number of carbonyl (C=O) groups excluding carboxylic acids is 1. The van der Waals surface area contributed by atoms with Gasteiger partial charge in [-0.3, -0.25) is 5.32 Å². The van der Waals surface area contributed by atoms with E-state index in [1.54, 1.807) is 32.9 Å². The number of carbonyl (C=O) groups is 1. The number of rotatable bonds is 2. The van der Waals surface area contributed by atoms with Crippen LogP contribution < -0.4 is 11.1 Å². The maximum absolute atomic E-state index is 11.7. The van der Waals surface area contributed by atoms with Crippen molar-refractivity contribution in [2.45, 2.75) is 32.8 Å². The van der Waals surface area contributed by atoms with Crippen molar-refractivity contribution in [1.29, 1.82) is 5.26 Å². The number of amides is 1. The summed E-state index contributed by atoms with van der Waals surface area (Å²) in [6, 6.07) is 5.49. The van der Waals surface area contributed by atoms with Gasteiger partial charge in [0.2, 0.25) is 0 Å². The zero-order valence-corrected chi connectivity index (χ0v) is 13.2. The Morgan fingerprint density at radius 2 is 2.16 bits per heavy atom. The first kappa shape index (κ1) is 15.6. The van der Waals surface area contributed by atoms with E-state index in [0.717, 1.165) is 9.13 Å². The molecule has 1 aromatic carbocycles. The zero-order chi connectivity index (χ0) is 14.6. The summed E-state index contributed by atoms with van der Waals surface area (Å²) >= 11 is 2.11. The Hall–Kier alpha value is -1.49. The first-order chi connectivity index (χ1) is 8.73. The van der Waals surface area contributed by atoms with Gasteiger partial charge in [0.05, 0.1) is 23.9 Å². The van der Waals surface area contributed by atoms with Crippen LogP contribution in [0.4, 0.5) is 16.2 Å². The molecule has 0 aliphatic rings. The molecule has 0 aliphatic heterocycles. The topological polar surface area (TPSA) is 88.1 Å². The maximum Gasteiger partial charge on any atom is 0.412 e. The van der Waals surface area contributed by atoms with E-state index in [9.17, 15) is 4.79 Å². The molecule has 0 unspecified atom stereocenters. The fourth-order valence-corrected chi connectivity index (χ4v) is 2.06. The molecule has 0 atom stereocenters. The van der Waals surface area contributed by atoms with Gasteiger partial charge in [-0.15, -0.1) is 0 Å². The van der Waals surface area contributed by atoms with Gasteiger partial charge in [-0.25, -0.2) is 4.79 Å². The Kier molecular flexibility index (Phi) is 5.00. The van der Waals surface area contributed by atoms with Gasteiger partial charge >= 0.3 is 6.09 Å². The molecule has 1 amide bonds. The standard InChI is InChI=1S/C13H16IN3O2/c1-13(2,3)19-12(18)17-11-6-8(4-5-15)9(14)7-10(11)16/h6-7H,4,16H2,1-3H3,(H,17,18). The summed E-state index contributed by atoms with van der Waals surface area (Å²) in [7, 11) is 0. The van der Waals surface area contributed by atoms with E-state index in [1.807, 2.05) is 0 Å². The van der Waals surface area contributed by atoms with Gasteiger partial charge in [0.25, 0.3) is 0 Å². The van der Waals surface area contributed by atoms with Crippen molar-refractivity contribution >= 4 is 40.1 Å². The Morgan fingerprint density at radius 3 is 2.68 bits per heavy atom. The smallest absolute Gasteiger partial charge is 0.412 e. The first-order valence-electron chi connectivity index (χ1n) is 5.68. The Morgan fingerprint density at radius 1 is 1.53 bits per heavy atom. The summed E-state index contributed by atoms with van der Waals surface area (Å²) < 4.78 is 6.05. The van der Waals surface area contributed by atoms with Crippen LogP contribution in [0.15, 0.2) is 12.1 Å². The average molecular weight is 373 g/mol. The van der Waals surface area contributed by atoms with E-state index in [2.05, 4.69) is 34.0 Å². The van der Waals surface area contributed by atoms with Crippen LogP contribution in [0.3, 0.4) is 0 Å². The largest absolute Gasteiger partial charge is 0.444 e. The Bertz CT molecular complexity index is 530. The summed E-state index contributed by atoms with van der Waals surface area (Å²) in [5.41, 5.74) is 6.99. The van der Waals surface area contributed by atoms with Gasteiger partial charge in [0, 0.05) is 3.57 Å². The number of nitrogens with zero attached hydrogens (tertiary/aromatic N) is 1. The maximum atomic E-state index is 11.7. The lowest BCUT2D eigenvalue weighted by atomic mass is 10.1. The van der Waals surface area contributed by atoms with E-state index in [1.165, 1.54) is 0 Å². The van der Waals surface area contributed by atoms with Gasteiger partial charge in [-0.05, 0) is 61.1 Å². The number of anilines is 2. The molecular weight excluding hydrogens is 357 g/mol. The van der Waals surface area contributed by atoms with Gasteiger partial charge in [0.15, 0.2) is 0 Å². The molecule has 0 aromatic heterocycles. The van der Waals surface area contributed by atoms with Crippen LogP contribution in [-0.2, 0) is 11.2 Å². The molecule has 0 spiro atoms. The highest BCUT2D eigenvalue weighted by Crippen LogP contribution is 2.26. The van der Waals surface area contributed by atoms with Gasteiger partial charge in [-0.2, -0.15) is 5.26 Å². The molecule has 0 bridgehead atoms. The van der Waals surface area contributed by atoms with Crippen LogP contribution >= 0.6 is 22.6 Å². The minimum absolute atomic E-state index is 0.265. The third-order valence-electron chi connectivity index (χ3n) is 2.12. The predicted molar refractivity (Wildman–Crippen MR) is 82.7 cm³/mol. The second-order valence-electron chi connectivity index (χ2n) is 4.99. The van der Waals surface area contributed by atoms with Gasteiger partial charge in [-0.1, -0.05) is 0 Å². The number of ether oxygens (including phenoxy) is 1. The van der Waals surface area contributed by atoms with E-state index >= 15 is 0 Å². The van der Waals surface area contributed by atoms with Crippen molar-refractivity contribution in [3.8, 4) is 6.07 Å². The fourth-order valence-electron chi connectivity index (χ4n) is 1.38. The lowest BCUT2D eigenvalue weighted by molar-refractivity contribution is 0.0636. The van der Waals surface area contributed by atoms with Gasteiger partial charge in [0.1, 0.15) is 5.60 Å². The van der Waals surface area contributed by atoms with Crippen molar-refractivity contribution in [3.63, 3.8) is 0 Å². The quantitative estimate of drug-likeness (QED) is 0.615. The van der Waals surface area contributed by atoms with Crippen LogP contribution in [0.25, 0.3) is 0 Å². The van der Waals surface area contributed by atoms with Crippen LogP contribution in [-0.4, -0.2) is 11.7 Å². The fraction of sp³-hybridized carbons (Fsp3) is 0.385. The van der Waals surface area contributed by atoms with Crippen LogP contribution in [0.5, 0.6) is 0 Å². The number of nitriles is 1. The molecule has 3 N–H and O–H groups in total. The van der Waals surface area contributed by atoms with E-state index < -0.39 is 11.7 Å². The number of benzene rings is 1. The molecule has 0 fully saturated rings. The Labute approximate surface area is 126 Å². The Balaban J connectivity index is 2.92. The predicted octanol–water partition coefficient (Wildman–Crippen LogP) is 3.29. The van der Waals surface area contributed by atoms with E-state index in [-0.39, 0.29) is 6.42 Å². The molecule has 1 rings (SSSR count). The molecule has 0 heterocycles. The molecule has 0 radical (unpaired) electrons. The number of nitrogen functional groups attached to an aromatic ring is 1. The molecule has 0 aliphatic carbocycles. The summed E-state index contributed by atoms with van der Waals surface area (Å²) in [4.78, 5) is 11.7. The van der Waals surface area contributed by atoms with Crippen molar-refractivity contribution in [2.24, 2.45) is 0 Å². The summed E-state index contributed by atoms with van der Waals surface area (Å²) in [5.74, 6) is 0. The molecule has 6 heteroatoms. The number of hydrogen-bond acceptors (Lipinski definition) is 4. The van der Waals surface area contributed by atoms with Crippen molar-refractivity contribution in [1.82, 2.24) is 0 Å². The average Bonchev–Trinajstić information content (AvgIpc) is 2.22. The van der Waals surface area contributed by atoms with E-state index in [0.29, 0.717) is 11.4 Å². The number of hydrogen-bond donors (Lipinski definition) is 2. The van der Waals surface area contributed by atoms with Gasteiger partial charge < -0.3 is 10.5 Å². The lowest BCUT2D eigenvalue weighted by Gasteiger charge is -2.20.